The van der Waals surface area contributed by atoms with E-state index >= 15 is 0 Å². The molecule has 0 spiro atoms. The van der Waals surface area contributed by atoms with E-state index in [2.05, 4.69) is 18.8 Å². The lowest BCUT2D eigenvalue weighted by atomic mass is 10.2. The minimum atomic E-state index is 0.570. The molecule has 0 aliphatic carbocycles. The number of hydrogen-bond acceptors (Lipinski definition) is 8. The van der Waals surface area contributed by atoms with Crippen LogP contribution in [0.4, 0.5) is 11.5 Å². The molecule has 0 unspecified atom stereocenters. The van der Waals surface area contributed by atoms with Gasteiger partial charge in [-0.1, -0.05) is 18.0 Å². The van der Waals surface area contributed by atoms with Gasteiger partial charge in [-0.15, -0.1) is 0 Å². The number of oxime groups is 1. The molecule has 2 aromatic rings. The Labute approximate surface area is 183 Å². The fourth-order valence-electron chi connectivity index (χ4n) is 3.10. The molecule has 0 amide bonds. The Hall–Kier alpha value is -2.45. The second-order valence-corrected chi connectivity index (χ2v) is 8.16. The molecule has 30 heavy (non-hydrogen) atoms. The number of nitrogens with zero attached hydrogens (tertiary/aromatic N) is 4. The van der Waals surface area contributed by atoms with Gasteiger partial charge in [-0.05, 0) is 55.7 Å². The van der Waals surface area contributed by atoms with Gasteiger partial charge < -0.3 is 19.6 Å². The molecule has 1 aromatic heterocycles. The summed E-state index contributed by atoms with van der Waals surface area (Å²) < 4.78 is 10.5. The first-order valence-corrected chi connectivity index (χ1v) is 11.3. The number of benzene rings is 1. The minimum absolute atomic E-state index is 0.570. The molecule has 1 saturated heterocycles. The van der Waals surface area contributed by atoms with E-state index in [-0.39, 0.29) is 0 Å². The van der Waals surface area contributed by atoms with Gasteiger partial charge >= 0.3 is 0 Å². The highest BCUT2D eigenvalue weighted by atomic mass is 32.2. The van der Waals surface area contributed by atoms with E-state index in [4.69, 9.17) is 15.3 Å². The molecule has 1 fully saturated rings. The lowest BCUT2D eigenvalue weighted by Gasteiger charge is -2.17. The number of unbranched alkanes of at least 4 members (excludes halogenated alkanes) is 3. The summed E-state index contributed by atoms with van der Waals surface area (Å²) in [6, 6.07) is 11.8. The maximum atomic E-state index is 5.83. The highest BCUT2D eigenvalue weighted by molar-refractivity contribution is 7.98. The fraction of sp³-hybridized carbons (Fsp3) is 0.455. The van der Waals surface area contributed by atoms with Gasteiger partial charge in [-0.3, -0.25) is 0 Å². The average Bonchev–Trinajstić information content (AvgIpc) is 3.23. The van der Waals surface area contributed by atoms with Gasteiger partial charge in [-0.25, -0.2) is 9.29 Å². The van der Waals surface area contributed by atoms with Crippen LogP contribution in [0, 0.1) is 0 Å². The van der Waals surface area contributed by atoms with Crippen LogP contribution in [0.2, 0.25) is 0 Å². The van der Waals surface area contributed by atoms with Crippen LogP contribution in [0.3, 0.4) is 0 Å². The lowest BCUT2D eigenvalue weighted by molar-refractivity contribution is 0.160. The number of rotatable bonds is 12. The van der Waals surface area contributed by atoms with E-state index in [0.717, 1.165) is 49.7 Å². The molecule has 2 N–H and O–H groups in total. The summed E-state index contributed by atoms with van der Waals surface area (Å²) in [5.41, 5.74) is 7.91. The molecule has 0 bridgehead atoms. The number of ether oxygens (including phenoxy) is 1. The highest BCUT2D eigenvalue weighted by Gasteiger charge is 2.21. The molecule has 7 nitrogen and oxygen atoms in total. The molecule has 2 heterocycles. The van der Waals surface area contributed by atoms with Gasteiger partial charge in [0, 0.05) is 44.0 Å². The molecule has 1 aliphatic rings. The Morgan fingerprint density at radius 1 is 1.13 bits per heavy atom. The van der Waals surface area contributed by atoms with E-state index < -0.39 is 0 Å². The normalized spacial score (nSPS) is 14.5. The van der Waals surface area contributed by atoms with Crippen LogP contribution in [0.1, 0.15) is 38.2 Å². The van der Waals surface area contributed by atoms with E-state index in [9.17, 15) is 0 Å². The number of hydrogen-bond donors (Lipinski definition) is 1. The van der Waals surface area contributed by atoms with Crippen molar-refractivity contribution in [3.8, 4) is 5.75 Å². The maximum absolute atomic E-state index is 5.83. The number of nitrogens with two attached hydrogens (primary N) is 1. The second-order valence-electron chi connectivity index (χ2n) is 7.04. The zero-order chi connectivity index (χ0) is 21.0. The quantitative estimate of drug-likeness (QED) is 0.232. The summed E-state index contributed by atoms with van der Waals surface area (Å²) in [4.78, 5) is 9.03. The first kappa shape index (κ1) is 22.2. The zero-order valence-corrected chi connectivity index (χ0v) is 18.4. The van der Waals surface area contributed by atoms with Gasteiger partial charge in [0.05, 0.1) is 18.5 Å². The van der Waals surface area contributed by atoms with Crippen LogP contribution in [-0.4, -0.2) is 48.4 Å². The largest absolute Gasteiger partial charge is 0.494 e. The van der Waals surface area contributed by atoms with Crippen LogP contribution < -0.4 is 14.8 Å². The van der Waals surface area contributed by atoms with Crippen molar-refractivity contribution < 1.29 is 9.57 Å². The van der Waals surface area contributed by atoms with Crippen LogP contribution in [0.25, 0.3) is 0 Å². The summed E-state index contributed by atoms with van der Waals surface area (Å²) in [5.74, 6) is 1.47. The summed E-state index contributed by atoms with van der Waals surface area (Å²) in [6.45, 7) is 6.43. The summed E-state index contributed by atoms with van der Waals surface area (Å²) >= 11 is 1.79. The van der Waals surface area contributed by atoms with Gasteiger partial charge in [0.1, 0.15) is 18.2 Å². The topological polar surface area (TPSA) is 76.2 Å². The van der Waals surface area contributed by atoms with Crippen LogP contribution in [0.5, 0.6) is 5.75 Å². The van der Waals surface area contributed by atoms with E-state index in [1.165, 1.54) is 19.3 Å². The Morgan fingerprint density at radius 3 is 2.77 bits per heavy atom. The van der Waals surface area contributed by atoms with Crippen molar-refractivity contribution in [2.75, 3.05) is 42.9 Å². The summed E-state index contributed by atoms with van der Waals surface area (Å²) in [6.07, 6.45) is 8.15. The number of aromatic nitrogens is 1. The Kier molecular flexibility index (Phi) is 9.11. The maximum Gasteiger partial charge on any atom is 0.125 e. The average molecular weight is 430 g/mol. The molecule has 0 radical (unpaired) electrons. The van der Waals surface area contributed by atoms with Gasteiger partial charge in [0.25, 0.3) is 0 Å². The highest BCUT2D eigenvalue weighted by Crippen LogP contribution is 2.30. The van der Waals surface area contributed by atoms with Crippen LogP contribution >= 0.6 is 12.1 Å². The molecular weight excluding hydrogens is 398 g/mol. The van der Waals surface area contributed by atoms with E-state index in [0.29, 0.717) is 12.4 Å². The first-order chi connectivity index (χ1) is 14.7. The van der Waals surface area contributed by atoms with Crippen molar-refractivity contribution in [3.05, 3.63) is 48.2 Å². The monoisotopic (exact) mass is 429 g/mol. The Bertz CT molecular complexity index is 787. The smallest absolute Gasteiger partial charge is 0.125 e. The van der Waals surface area contributed by atoms with Crippen LogP contribution in [-0.2, 0) is 4.84 Å². The molecule has 0 atom stereocenters. The molecule has 1 aromatic carbocycles. The van der Waals surface area contributed by atoms with Crippen molar-refractivity contribution in [3.63, 3.8) is 0 Å². The molecule has 3 rings (SSSR count). The number of pyridine rings is 1. The van der Waals surface area contributed by atoms with Gasteiger partial charge in [0.2, 0.25) is 0 Å². The third-order valence-electron chi connectivity index (χ3n) is 4.68. The van der Waals surface area contributed by atoms with Gasteiger partial charge in [-0.2, -0.15) is 0 Å². The molecule has 0 saturated carbocycles. The fourth-order valence-corrected chi connectivity index (χ4v) is 4.12. The number of anilines is 2. The molecular formula is C22H31N5O2S. The van der Waals surface area contributed by atoms with Crippen molar-refractivity contribution >= 4 is 29.9 Å². The molecule has 8 heteroatoms. The van der Waals surface area contributed by atoms with Crippen LogP contribution in [0.15, 0.2) is 47.8 Å². The van der Waals surface area contributed by atoms with Gasteiger partial charge in [0.15, 0.2) is 0 Å². The Morgan fingerprint density at radius 2 is 1.97 bits per heavy atom. The van der Waals surface area contributed by atoms with E-state index in [1.54, 1.807) is 24.5 Å². The van der Waals surface area contributed by atoms with Crippen molar-refractivity contribution in [1.29, 1.82) is 0 Å². The predicted molar refractivity (Wildman–Crippen MR) is 125 cm³/mol. The first-order valence-electron chi connectivity index (χ1n) is 10.5. The van der Waals surface area contributed by atoms with Crippen molar-refractivity contribution in [2.45, 2.75) is 32.6 Å². The third-order valence-corrected chi connectivity index (χ3v) is 5.86. The second kappa shape index (κ2) is 12.3. The molecule has 1 aliphatic heterocycles. The standard InChI is InChI=1S/C22H31N5O2S/c1-2-29-25-18-19-7-9-21(10-8-19)28-16-6-4-3-5-13-26-14-15-27(30-26)20-11-12-24-22(23)17-20/h7-12,17-18H,2-6,13-16H2,1H3,(H2,23,24)/b25-18+. The SMILES string of the molecule is CCO/N=C/c1ccc(OCCCCCCN2CCN(c3ccnc(N)c3)S2)cc1. The van der Waals surface area contributed by atoms with E-state index in [1.807, 2.05) is 43.3 Å². The number of nitrogen functional groups attached to an aromatic ring is 1. The predicted octanol–water partition coefficient (Wildman–Crippen LogP) is 4.36. The summed E-state index contributed by atoms with van der Waals surface area (Å²) in [5, 5.41) is 3.86. The Balaban J connectivity index is 1.23. The van der Waals surface area contributed by atoms with Crippen molar-refractivity contribution in [2.24, 2.45) is 5.16 Å². The minimum Gasteiger partial charge on any atom is -0.494 e. The zero-order valence-electron chi connectivity index (χ0n) is 17.6. The third kappa shape index (κ3) is 7.42. The molecule has 162 valence electrons. The summed E-state index contributed by atoms with van der Waals surface area (Å²) in [7, 11) is 0. The lowest BCUT2D eigenvalue weighted by Crippen LogP contribution is -2.13. The van der Waals surface area contributed by atoms with Crippen molar-refractivity contribution in [1.82, 2.24) is 9.29 Å².